The van der Waals surface area contributed by atoms with Crippen molar-refractivity contribution in [3.63, 3.8) is 0 Å². The van der Waals surface area contributed by atoms with Gasteiger partial charge in [0.2, 0.25) is 0 Å². The summed E-state index contributed by atoms with van der Waals surface area (Å²) in [7, 11) is 0. The van der Waals surface area contributed by atoms with Crippen LogP contribution in [0.25, 0.3) is 0 Å². The molecule has 0 saturated heterocycles. The van der Waals surface area contributed by atoms with Crippen molar-refractivity contribution in [2.75, 3.05) is 0 Å². The van der Waals surface area contributed by atoms with Gasteiger partial charge in [0.15, 0.2) is 0 Å². The van der Waals surface area contributed by atoms with Crippen molar-refractivity contribution in [1.29, 1.82) is 0 Å². The number of unbranched alkanes of at least 4 members (excludes halogenated alkanes) is 2. The normalized spacial score (nSPS) is 16.3. The van der Waals surface area contributed by atoms with E-state index in [0.29, 0.717) is 19.3 Å². The summed E-state index contributed by atoms with van der Waals surface area (Å²) >= 11 is 0. The molecule has 0 rings (SSSR count). The van der Waals surface area contributed by atoms with Crippen molar-refractivity contribution in [3.05, 3.63) is 48.6 Å². The van der Waals surface area contributed by atoms with E-state index in [1.165, 1.54) is 0 Å². The minimum atomic E-state index is -0.855. The minimum Gasteiger partial charge on any atom is -0.481 e. The van der Waals surface area contributed by atoms with E-state index in [9.17, 15) is 20.1 Å². The molecule has 4 N–H and O–H groups in total. The highest BCUT2D eigenvalue weighted by Gasteiger charge is 2.11. The predicted octanol–water partition coefficient (Wildman–Crippen LogP) is 3.13. The van der Waals surface area contributed by atoms with Gasteiger partial charge in [0.1, 0.15) is 0 Å². The molecule has 0 aliphatic heterocycles. The largest absolute Gasteiger partial charge is 0.481 e. The fourth-order valence-corrected chi connectivity index (χ4v) is 2.09. The van der Waals surface area contributed by atoms with Crippen LogP contribution in [0.1, 0.15) is 51.9 Å². The summed E-state index contributed by atoms with van der Waals surface area (Å²) in [5, 5.41) is 37.6. The minimum absolute atomic E-state index is 0.0644. The number of aliphatic carboxylic acids is 1. The number of aliphatic hydroxyl groups excluding tert-OH is 3. The van der Waals surface area contributed by atoms with Gasteiger partial charge >= 0.3 is 5.97 Å². The van der Waals surface area contributed by atoms with Gasteiger partial charge in [-0.3, -0.25) is 4.79 Å². The first-order valence-corrected chi connectivity index (χ1v) is 8.91. The van der Waals surface area contributed by atoms with Gasteiger partial charge in [-0.2, -0.15) is 0 Å². The van der Waals surface area contributed by atoms with Crippen LogP contribution >= 0.6 is 0 Å². The Morgan fingerprint density at radius 3 is 2.04 bits per heavy atom. The standard InChI is InChI=1S/C20H32O5/c1-2-3-8-14-18(22)19(23)15-10-7-5-4-6-9-12-17(21)13-11-16-20(24)25/h4-7,9-10,12,15,17-19,21-23H,2-3,8,11,13-14,16H2,1H3,(H,24,25)/b6-4-,7-5+,12-9+,15-10+/t17-,18?,19-/m1/s1. The Morgan fingerprint density at radius 1 is 0.840 bits per heavy atom. The number of carboxylic acids is 1. The molecule has 0 aliphatic rings. The summed E-state index contributed by atoms with van der Waals surface area (Å²) in [6.45, 7) is 2.09. The number of rotatable bonds is 14. The first-order chi connectivity index (χ1) is 12.0. The van der Waals surface area contributed by atoms with Gasteiger partial charge in [0.25, 0.3) is 0 Å². The molecule has 0 heterocycles. The van der Waals surface area contributed by atoms with Gasteiger partial charge < -0.3 is 20.4 Å². The van der Waals surface area contributed by atoms with E-state index in [0.717, 1.165) is 19.3 Å². The molecule has 142 valence electrons. The Balaban J connectivity index is 3.96. The summed E-state index contributed by atoms with van der Waals surface area (Å²) in [5.41, 5.74) is 0. The van der Waals surface area contributed by atoms with Crippen LogP contribution in [0.3, 0.4) is 0 Å². The zero-order chi connectivity index (χ0) is 18.9. The molecule has 0 saturated carbocycles. The van der Waals surface area contributed by atoms with Gasteiger partial charge in [-0.1, -0.05) is 74.8 Å². The van der Waals surface area contributed by atoms with E-state index in [2.05, 4.69) is 6.92 Å². The van der Waals surface area contributed by atoms with E-state index in [1.54, 1.807) is 48.6 Å². The Hall–Kier alpha value is -1.69. The first-order valence-electron chi connectivity index (χ1n) is 8.91. The van der Waals surface area contributed by atoms with Gasteiger partial charge in [0.05, 0.1) is 18.3 Å². The molecule has 0 amide bonds. The zero-order valence-electron chi connectivity index (χ0n) is 15.0. The van der Waals surface area contributed by atoms with E-state index >= 15 is 0 Å². The Bertz CT molecular complexity index is 451. The second kappa shape index (κ2) is 15.8. The molecule has 5 heteroatoms. The maximum atomic E-state index is 10.4. The molecule has 0 bridgehead atoms. The number of allylic oxidation sites excluding steroid dienone is 6. The fraction of sp³-hybridized carbons (Fsp3) is 0.550. The van der Waals surface area contributed by atoms with Crippen molar-refractivity contribution in [3.8, 4) is 0 Å². The van der Waals surface area contributed by atoms with Crippen LogP contribution in [-0.2, 0) is 4.79 Å². The summed E-state index contributed by atoms with van der Waals surface area (Å²) in [6, 6.07) is 0. The average molecular weight is 352 g/mol. The lowest BCUT2D eigenvalue weighted by Gasteiger charge is -2.13. The lowest BCUT2D eigenvalue weighted by Crippen LogP contribution is -2.23. The van der Waals surface area contributed by atoms with Crippen molar-refractivity contribution in [2.45, 2.75) is 70.2 Å². The lowest BCUT2D eigenvalue weighted by atomic mass is 10.1. The highest BCUT2D eigenvalue weighted by Crippen LogP contribution is 2.07. The van der Waals surface area contributed by atoms with E-state index in [-0.39, 0.29) is 6.42 Å². The third-order valence-corrected chi connectivity index (χ3v) is 3.59. The Labute approximate surface area is 150 Å². The molecule has 0 aromatic rings. The van der Waals surface area contributed by atoms with Gasteiger partial charge in [-0.05, 0) is 19.3 Å². The van der Waals surface area contributed by atoms with Crippen LogP contribution in [0.2, 0.25) is 0 Å². The topological polar surface area (TPSA) is 98.0 Å². The number of carboxylic acid groups (broad SMARTS) is 1. The quantitative estimate of drug-likeness (QED) is 0.284. The maximum absolute atomic E-state index is 10.4. The molecule has 0 aromatic carbocycles. The van der Waals surface area contributed by atoms with Gasteiger partial charge in [-0.25, -0.2) is 0 Å². The number of hydrogen-bond acceptors (Lipinski definition) is 4. The highest BCUT2D eigenvalue weighted by molar-refractivity contribution is 5.66. The molecule has 0 radical (unpaired) electrons. The molecule has 25 heavy (non-hydrogen) atoms. The van der Waals surface area contributed by atoms with E-state index in [1.807, 2.05) is 0 Å². The SMILES string of the molecule is CCCCCC(O)[C@H](O)/C=C/C=C/C=C\C=C\[C@@H](O)CCCC(=O)O. The lowest BCUT2D eigenvalue weighted by molar-refractivity contribution is -0.137. The summed E-state index contributed by atoms with van der Waals surface area (Å²) in [6.07, 6.45) is 16.0. The van der Waals surface area contributed by atoms with Crippen LogP contribution in [0.15, 0.2) is 48.6 Å². The number of carbonyl (C=O) groups is 1. The third kappa shape index (κ3) is 15.6. The molecule has 3 atom stereocenters. The van der Waals surface area contributed by atoms with Crippen LogP contribution in [-0.4, -0.2) is 44.7 Å². The van der Waals surface area contributed by atoms with Gasteiger partial charge in [0, 0.05) is 6.42 Å². The Morgan fingerprint density at radius 2 is 1.44 bits per heavy atom. The number of aliphatic hydroxyl groups is 3. The summed E-state index contributed by atoms with van der Waals surface area (Å²) < 4.78 is 0. The van der Waals surface area contributed by atoms with Crippen molar-refractivity contribution < 1.29 is 25.2 Å². The van der Waals surface area contributed by atoms with Crippen molar-refractivity contribution in [2.24, 2.45) is 0 Å². The van der Waals surface area contributed by atoms with Crippen LogP contribution in [0.4, 0.5) is 0 Å². The fourth-order valence-electron chi connectivity index (χ4n) is 2.09. The molecule has 0 aromatic heterocycles. The molecule has 0 fully saturated rings. The molecular formula is C20H32O5. The third-order valence-electron chi connectivity index (χ3n) is 3.59. The predicted molar refractivity (Wildman–Crippen MR) is 100 cm³/mol. The van der Waals surface area contributed by atoms with Crippen LogP contribution < -0.4 is 0 Å². The zero-order valence-corrected chi connectivity index (χ0v) is 15.0. The number of hydrogen-bond donors (Lipinski definition) is 4. The van der Waals surface area contributed by atoms with Crippen LogP contribution in [0, 0.1) is 0 Å². The highest BCUT2D eigenvalue weighted by atomic mass is 16.4. The molecule has 0 spiro atoms. The first kappa shape index (κ1) is 23.3. The molecule has 1 unspecified atom stereocenters. The van der Waals surface area contributed by atoms with E-state index in [4.69, 9.17) is 5.11 Å². The molecular weight excluding hydrogens is 320 g/mol. The maximum Gasteiger partial charge on any atom is 0.303 e. The van der Waals surface area contributed by atoms with E-state index < -0.39 is 24.3 Å². The Kier molecular flexibility index (Phi) is 14.7. The summed E-state index contributed by atoms with van der Waals surface area (Å²) in [4.78, 5) is 10.4. The monoisotopic (exact) mass is 352 g/mol. The average Bonchev–Trinajstić information content (AvgIpc) is 2.56. The molecule has 0 aliphatic carbocycles. The smallest absolute Gasteiger partial charge is 0.303 e. The molecule has 5 nitrogen and oxygen atoms in total. The summed E-state index contributed by atoms with van der Waals surface area (Å²) in [5.74, 6) is -0.854. The van der Waals surface area contributed by atoms with Crippen molar-refractivity contribution >= 4 is 5.97 Å². The van der Waals surface area contributed by atoms with Crippen LogP contribution in [0.5, 0.6) is 0 Å². The second-order valence-electron chi connectivity index (χ2n) is 5.95. The van der Waals surface area contributed by atoms with Crippen molar-refractivity contribution in [1.82, 2.24) is 0 Å². The van der Waals surface area contributed by atoms with Gasteiger partial charge in [-0.15, -0.1) is 0 Å². The second-order valence-corrected chi connectivity index (χ2v) is 5.95.